The third-order valence-electron chi connectivity index (χ3n) is 2.82. The van der Waals surface area contributed by atoms with Crippen LogP contribution in [0.5, 0.6) is 0 Å². The molecule has 7 nitrogen and oxygen atoms in total. The van der Waals surface area contributed by atoms with Gasteiger partial charge in [-0.05, 0) is 18.1 Å². The molecule has 0 saturated heterocycles. The second kappa shape index (κ2) is 7.37. The second-order valence-electron chi connectivity index (χ2n) is 4.98. The van der Waals surface area contributed by atoms with Crippen LogP contribution in [0, 0.1) is 5.92 Å². The van der Waals surface area contributed by atoms with Crippen LogP contribution < -0.4 is 10.6 Å². The molecule has 1 aromatic heterocycles. The van der Waals surface area contributed by atoms with E-state index in [0.717, 1.165) is 0 Å². The predicted molar refractivity (Wildman–Crippen MR) is 75.5 cm³/mol. The van der Waals surface area contributed by atoms with E-state index in [9.17, 15) is 14.4 Å². The second-order valence-corrected chi connectivity index (χ2v) is 4.98. The fourth-order valence-corrected chi connectivity index (χ4v) is 1.75. The van der Waals surface area contributed by atoms with Gasteiger partial charge in [0.25, 0.3) is 0 Å². The third-order valence-corrected chi connectivity index (χ3v) is 2.82. The molecule has 3 N–H and O–H groups in total. The summed E-state index contributed by atoms with van der Waals surface area (Å²) in [5.41, 5.74) is 0.546. The van der Waals surface area contributed by atoms with E-state index < -0.39 is 12.0 Å². The minimum Gasteiger partial charge on any atom is -0.478 e. The Labute approximate surface area is 122 Å². The molecular formula is C14H19N3O4. The SMILES string of the molecule is CC(=O)NC(C(=O)NCc1cc(C(=O)O)ccn1)C(C)C. The molecule has 0 radical (unpaired) electrons. The average Bonchev–Trinajstić information content (AvgIpc) is 2.42. The Kier molecular flexibility index (Phi) is 5.83. The summed E-state index contributed by atoms with van der Waals surface area (Å²) in [6.07, 6.45) is 1.37. The van der Waals surface area contributed by atoms with E-state index >= 15 is 0 Å². The molecular weight excluding hydrogens is 274 g/mol. The van der Waals surface area contributed by atoms with E-state index in [1.807, 2.05) is 13.8 Å². The molecule has 1 rings (SSSR count). The van der Waals surface area contributed by atoms with Gasteiger partial charge < -0.3 is 15.7 Å². The number of nitrogens with one attached hydrogen (secondary N) is 2. The van der Waals surface area contributed by atoms with E-state index in [1.54, 1.807) is 0 Å². The van der Waals surface area contributed by atoms with Gasteiger partial charge in [-0.3, -0.25) is 14.6 Å². The number of amides is 2. The largest absolute Gasteiger partial charge is 0.478 e. The first-order valence-electron chi connectivity index (χ1n) is 6.54. The molecule has 0 fully saturated rings. The Morgan fingerprint density at radius 3 is 2.52 bits per heavy atom. The summed E-state index contributed by atoms with van der Waals surface area (Å²) in [6, 6.07) is 2.14. The molecule has 1 aromatic rings. The number of carboxylic acids is 1. The van der Waals surface area contributed by atoms with Gasteiger partial charge in [-0.1, -0.05) is 13.8 Å². The highest BCUT2D eigenvalue weighted by molar-refractivity contribution is 5.88. The Morgan fingerprint density at radius 2 is 2.00 bits per heavy atom. The van der Waals surface area contributed by atoms with Crippen molar-refractivity contribution in [3.63, 3.8) is 0 Å². The van der Waals surface area contributed by atoms with Crippen molar-refractivity contribution in [1.29, 1.82) is 0 Å². The summed E-state index contributed by atoms with van der Waals surface area (Å²) in [4.78, 5) is 38.0. The minimum absolute atomic E-state index is 0.0628. The molecule has 0 aliphatic heterocycles. The van der Waals surface area contributed by atoms with Gasteiger partial charge in [0.1, 0.15) is 6.04 Å². The number of rotatable bonds is 6. The molecule has 0 spiro atoms. The van der Waals surface area contributed by atoms with Crippen molar-refractivity contribution >= 4 is 17.8 Å². The maximum atomic E-state index is 12.0. The van der Waals surface area contributed by atoms with Crippen molar-refractivity contribution in [2.45, 2.75) is 33.4 Å². The van der Waals surface area contributed by atoms with E-state index in [0.29, 0.717) is 5.69 Å². The highest BCUT2D eigenvalue weighted by Gasteiger charge is 2.22. The number of hydrogen-bond acceptors (Lipinski definition) is 4. The van der Waals surface area contributed by atoms with E-state index in [-0.39, 0.29) is 29.8 Å². The Bertz CT molecular complexity index is 543. The lowest BCUT2D eigenvalue weighted by molar-refractivity contribution is -0.129. The molecule has 1 heterocycles. The zero-order valence-corrected chi connectivity index (χ0v) is 12.2. The molecule has 1 atom stereocenters. The van der Waals surface area contributed by atoms with E-state index in [1.165, 1.54) is 25.3 Å². The van der Waals surface area contributed by atoms with Crippen LogP contribution in [-0.4, -0.2) is 33.9 Å². The first-order chi connectivity index (χ1) is 9.81. The molecule has 1 unspecified atom stereocenters. The standard InChI is InChI=1S/C14H19N3O4/c1-8(2)12(17-9(3)18)13(19)16-7-11-6-10(14(20)21)4-5-15-11/h4-6,8,12H,7H2,1-3H3,(H,16,19)(H,17,18)(H,20,21). The van der Waals surface area contributed by atoms with Crippen molar-refractivity contribution in [3.8, 4) is 0 Å². The van der Waals surface area contributed by atoms with Crippen molar-refractivity contribution in [3.05, 3.63) is 29.6 Å². The third kappa shape index (κ3) is 5.21. The summed E-state index contributed by atoms with van der Waals surface area (Å²) in [5.74, 6) is -1.73. The number of pyridine rings is 1. The van der Waals surface area contributed by atoms with Crippen LogP contribution in [0.15, 0.2) is 18.3 Å². The van der Waals surface area contributed by atoms with Crippen molar-refractivity contribution in [2.24, 2.45) is 5.92 Å². The Morgan fingerprint density at radius 1 is 1.33 bits per heavy atom. The van der Waals surface area contributed by atoms with E-state index in [2.05, 4.69) is 15.6 Å². The molecule has 0 aromatic carbocycles. The number of carbonyl (C=O) groups is 3. The monoisotopic (exact) mass is 293 g/mol. The van der Waals surface area contributed by atoms with Crippen molar-refractivity contribution in [1.82, 2.24) is 15.6 Å². The molecule has 0 saturated carbocycles. The highest BCUT2D eigenvalue weighted by atomic mass is 16.4. The van der Waals surface area contributed by atoms with Crippen LogP contribution in [-0.2, 0) is 16.1 Å². The molecule has 0 aliphatic carbocycles. The lowest BCUT2D eigenvalue weighted by Crippen LogP contribution is -2.48. The van der Waals surface area contributed by atoms with Gasteiger partial charge in [-0.25, -0.2) is 4.79 Å². The van der Waals surface area contributed by atoms with Gasteiger partial charge in [-0.15, -0.1) is 0 Å². The topological polar surface area (TPSA) is 108 Å². The Hall–Kier alpha value is -2.44. The number of carbonyl (C=O) groups excluding carboxylic acids is 2. The van der Waals surface area contributed by atoms with Crippen LogP contribution in [0.3, 0.4) is 0 Å². The van der Waals surface area contributed by atoms with Crippen LogP contribution >= 0.6 is 0 Å². The fraction of sp³-hybridized carbons (Fsp3) is 0.429. The van der Waals surface area contributed by atoms with Gasteiger partial charge in [0.15, 0.2) is 0 Å². The molecule has 2 amide bonds. The van der Waals surface area contributed by atoms with Crippen LogP contribution in [0.1, 0.15) is 36.8 Å². The molecule has 0 aliphatic rings. The lowest BCUT2D eigenvalue weighted by Gasteiger charge is -2.20. The first-order valence-corrected chi connectivity index (χ1v) is 6.54. The minimum atomic E-state index is -1.05. The zero-order chi connectivity index (χ0) is 16.0. The van der Waals surface area contributed by atoms with Gasteiger partial charge >= 0.3 is 5.97 Å². The summed E-state index contributed by atoms with van der Waals surface area (Å²) >= 11 is 0. The fourth-order valence-electron chi connectivity index (χ4n) is 1.75. The molecule has 0 bridgehead atoms. The number of aromatic carboxylic acids is 1. The summed E-state index contributed by atoms with van der Waals surface area (Å²) < 4.78 is 0. The van der Waals surface area contributed by atoms with Gasteiger partial charge in [0.2, 0.25) is 11.8 Å². The highest BCUT2D eigenvalue weighted by Crippen LogP contribution is 2.04. The molecule has 7 heteroatoms. The van der Waals surface area contributed by atoms with E-state index in [4.69, 9.17) is 5.11 Å². The normalized spacial score (nSPS) is 11.8. The van der Waals surface area contributed by atoms with Crippen molar-refractivity contribution < 1.29 is 19.5 Å². The van der Waals surface area contributed by atoms with Crippen LogP contribution in [0.25, 0.3) is 0 Å². The number of carboxylic acid groups (broad SMARTS) is 1. The van der Waals surface area contributed by atoms with Crippen LogP contribution in [0.2, 0.25) is 0 Å². The zero-order valence-electron chi connectivity index (χ0n) is 12.2. The number of nitrogens with zero attached hydrogens (tertiary/aromatic N) is 1. The smallest absolute Gasteiger partial charge is 0.335 e. The van der Waals surface area contributed by atoms with Gasteiger partial charge in [0.05, 0.1) is 17.8 Å². The summed E-state index contributed by atoms with van der Waals surface area (Å²) in [5, 5.41) is 14.1. The maximum Gasteiger partial charge on any atom is 0.335 e. The number of hydrogen-bond donors (Lipinski definition) is 3. The summed E-state index contributed by atoms with van der Waals surface area (Å²) in [7, 11) is 0. The first kappa shape index (κ1) is 16.6. The lowest BCUT2D eigenvalue weighted by atomic mass is 10.0. The van der Waals surface area contributed by atoms with Gasteiger partial charge in [-0.2, -0.15) is 0 Å². The quantitative estimate of drug-likeness (QED) is 0.710. The van der Waals surface area contributed by atoms with Crippen molar-refractivity contribution in [2.75, 3.05) is 0 Å². The predicted octanol–water partition coefficient (Wildman–Crippen LogP) is 0.557. The number of aromatic nitrogens is 1. The average molecular weight is 293 g/mol. The van der Waals surface area contributed by atoms with Gasteiger partial charge in [0, 0.05) is 13.1 Å². The molecule has 114 valence electrons. The Balaban J connectivity index is 2.68. The maximum absolute atomic E-state index is 12.0. The van der Waals surface area contributed by atoms with Crippen LogP contribution in [0.4, 0.5) is 0 Å². The molecule has 21 heavy (non-hydrogen) atoms. The summed E-state index contributed by atoms with van der Waals surface area (Å²) in [6.45, 7) is 5.09.